The highest BCUT2D eigenvalue weighted by Crippen LogP contribution is 2.40. The smallest absolute Gasteiger partial charge is 0.258 e. The Balaban J connectivity index is 1.90. The van der Waals surface area contributed by atoms with Gasteiger partial charge in [-0.3, -0.25) is 4.79 Å². The summed E-state index contributed by atoms with van der Waals surface area (Å²) >= 11 is 1.49. The highest BCUT2D eigenvalue weighted by atomic mass is 32.1. The number of methoxy groups -OCH3 is 2. The number of benzene rings is 1. The van der Waals surface area contributed by atoms with Crippen LogP contribution in [0.3, 0.4) is 0 Å². The molecule has 0 aliphatic heterocycles. The molecule has 0 bridgehead atoms. The van der Waals surface area contributed by atoms with Gasteiger partial charge in [0.1, 0.15) is 11.2 Å². The Morgan fingerprint density at radius 3 is 2.68 bits per heavy atom. The van der Waals surface area contributed by atoms with Gasteiger partial charge in [-0.15, -0.1) is 11.3 Å². The van der Waals surface area contributed by atoms with Crippen LogP contribution in [0.25, 0.3) is 21.3 Å². The van der Waals surface area contributed by atoms with Crippen molar-refractivity contribution in [3.05, 3.63) is 29.9 Å². The summed E-state index contributed by atoms with van der Waals surface area (Å²) in [5.74, 6) is 1.87. The zero-order chi connectivity index (χ0) is 20.1. The standard InChI is InChI=1S/C20H23N3O4S/c1-12(2)8-21-17(24)9-27-19-18-14(10-28-20(18)23-11-22-19)13-5-6-15(25-3)16(7-13)26-4/h5-7,10-12H,8-9H2,1-4H3,(H,21,24). The second-order valence-corrected chi connectivity index (χ2v) is 7.42. The first kappa shape index (κ1) is 19.9. The predicted octanol–water partition coefficient (Wildman–Crippen LogP) is 3.53. The van der Waals surface area contributed by atoms with Crippen molar-refractivity contribution in [1.82, 2.24) is 15.3 Å². The Labute approximate surface area is 167 Å². The first-order valence-corrected chi connectivity index (χ1v) is 9.75. The highest BCUT2D eigenvalue weighted by Gasteiger charge is 2.17. The first-order valence-electron chi connectivity index (χ1n) is 8.87. The molecule has 0 aliphatic rings. The molecule has 0 unspecified atom stereocenters. The number of carbonyl (C=O) groups excluding carboxylic acids is 1. The molecule has 0 saturated heterocycles. The lowest BCUT2D eigenvalue weighted by Gasteiger charge is -2.11. The lowest BCUT2D eigenvalue weighted by molar-refractivity contribution is -0.123. The summed E-state index contributed by atoms with van der Waals surface area (Å²) in [7, 11) is 3.20. The van der Waals surface area contributed by atoms with Crippen LogP contribution < -0.4 is 19.5 Å². The zero-order valence-electron chi connectivity index (χ0n) is 16.3. The molecular formula is C20H23N3O4S. The molecule has 1 amide bonds. The van der Waals surface area contributed by atoms with Crippen molar-refractivity contribution in [2.45, 2.75) is 13.8 Å². The van der Waals surface area contributed by atoms with Gasteiger partial charge in [-0.05, 0) is 23.6 Å². The largest absolute Gasteiger partial charge is 0.493 e. The normalized spacial score (nSPS) is 10.9. The number of nitrogens with one attached hydrogen (secondary N) is 1. The van der Waals surface area contributed by atoms with Gasteiger partial charge in [0.25, 0.3) is 5.91 Å². The summed E-state index contributed by atoms with van der Waals surface area (Å²) < 4.78 is 16.4. The van der Waals surface area contributed by atoms with E-state index in [1.54, 1.807) is 14.2 Å². The highest BCUT2D eigenvalue weighted by molar-refractivity contribution is 7.17. The number of hydrogen-bond donors (Lipinski definition) is 1. The third kappa shape index (κ3) is 4.33. The van der Waals surface area contributed by atoms with E-state index in [9.17, 15) is 4.79 Å². The molecule has 3 rings (SSSR count). The van der Waals surface area contributed by atoms with Gasteiger partial charge in [0.05, 0.1) is 19.6 Å². The number of ether oxygens (including phenoxy) is 3. The summed E-state index contributed by atoms with van der Waals surface area (Å²) in [5, 5.41) is 5.60. The Kier molecular flexibility index (Phi) is 6.30. The van der Waals surface area contributed by atoms with E-state index >= 15 is 0 Å². The fraction of sp³-hybridized carbons (Fsp3) is 0.350. The molecule has 1 aromatic carbocycles. The molecule has 0 atom stereocenters. The molecule has 2 aromatic heterocycles. The quantitative estimate of drug-likeness (QED) is 0.622. The van der Waals surface area contributed by atoms with Crippen LogP contribution in [-0.4, -0.2) is 43.2 Å². The number of carbonyl (C=O) groups is 1. The van der Waals surface area contributed by atoms with Gasteiger partial charge in [0.15, 0.2) is 18.1 Å². The minimum atomic E-state index is -0.177. The molecule has 0 radical (unpaired) electrons. The molecule has 0 fully saturated rings. The van der Waals surface area contributed by atoms with Crippen molar-refractivity contribution < 1.29 is 19.0 Å². The van der Waals surface area contributed by atoms with Gasteiger partial charge in [0.2, 0.25) is 5.88 Å². The minimum Gasteiger partial charge on any atom is -0.493 e. The van der Waals surface area contributed by atoms with E-state index in [-0.39, 0.29) is 12.5 Å². The average molecular weight is 401 g/mol. The fourth-order valence-electron chi connectivity index (χ4n) is 2.68. The number of amides is 1. The van der Waals surface area contributed by atoms with Gasteiger partial charge < -0.3 is 19.5 Å². The Morgan fingerprint density at radius 1 is 1.18 bits per heavy atom. The summed E-state index contributed by atoms with van der Waals surface area (Å²) in [4.78, 5) is 21.4. The van der Waals surface area contributed by atoms with Crippen molar-refractivity contribution in [3.8, 4) is 28.5 Å². The van der Waals surface area contributed by atoms with E-state index < -0.39 is 0 Å². The molecule has 0 aliphatic carbocycles. The van der Waals surface area contributed by atoms with E-state index in [0.29, 0.717) is 29.8 Å². The lowest BCUT2D eigenvalue weighted by Crippen LogP contribution is -2.31. The fourth-order valence-corrected chi connectivity index (χ4v) is 3.58. The maximum absolute atomic E-state index is 12.0. The Morgan fingerprint density at radius 2 is 1.96 bits per heavy atom. The summed E-state index contributed by atoms with van der Waals surface area (Å²) in [6.07, 6.45) is 1.44. The monoisotopic (exact) mass is 401 g/mol. The van der Waals surface area contributed by atoms with Crippen LogP contribution in [0.15, 0.2) is 29.9 Å². The molecule has 28 heavy (non-hydrogen) atoms. The molecular weight excluding hydrogens is 378 g/mol. The van der Waals surface area contributed by atoms with Crippen molar-refractivity contribution in [2.75, 3.05) is 27.4 Å². The number of aromatic nitrogens is 2. The average Bonchev–Trinajstić information content (AvgIpc) is 3.14. The first-order chi connectivity index (χ1) is 13.5. The summed E-state index contributed by atoms with van der Waals surface area (Å²) in [5.41, 5.74) is 1.84. The third-order valence-corrected chi connectivity index (χ3v) is 4.96. The van der Waals surface area contributed by atoms with Crippen LogP contribution in [0.5, 0.6) is 17.4 Å². The van der Waals surface area contributed by atoms with Gasteiger partial charge in [-0.2, -0.15) is 0 Å². The zero-order valence-corrected chi connectivity index (χ0v) is 17.1. The third-order valence-electron chi connectivity index (χ3n) is 4.08. The number of rotatable bonds is 8. The van der Waals surface area contributed by atoms with Crippen LogP contribution in [0.1, 0.15) is 13.8 Å². The van der Waals surface area contributed by atoms with Gasteiger partial charge in [0, 0.05) is 17.5 Å². The van der Waals surface area contributed by atoms with Crippen molar-refractivity contribution in [1.29, 1.82) is 0 Å². The second kappa shape index (κ2) is 8.88. The van der Waals surface area contributed by atoms with Gasteiger partial charge >= 0.3 is 0 Å². The number of nitrogens with zero attached hydrogens (tertiary/aromatic N) is 2. The van der Waals surface area contributed by atoms with Gasteiger partial charge in [-0.1, -0.05) is 19.9 Å². The van der Waals surface area contributed by atoms with E-state index in [0.717, 1.165) is 21.3 Å². The van der Waals surface area contributed by atoms with Crippen molar-refractivity contribution in [3.63, 3.8) is 0 Å². The molecule has 0 saturated carbocycles. The van der Waals surface area contributed by atoms with E-state index in [4.69, 9.17) is 14.2 Å². The maximum atomic E-state index is 12.0. The van der Waals surface area contributed by atoms with E-state index in [1.807, 2.05) is 37.4 Å². The minimum absolute atomic E-state index is 0.0972. The number of thiophene rings is 1. The van der Waals surface area contributed by atoms with E-state index in [2.05, 4.69) is 15.3 Å². The maximum Gasteiger partial charge on any atom is 0.258 e. The molecule has 8 heteroatoms. The number of fused-ring (bicyclic) bond motifs is 1. The van der Waals surface area contributed by atoms with E-state index in [1.165, 1.54) is 17.7 Å². The Hall–Kier alpha value is -2.87. The summed E-state index contributed by atoms with van der Waals surface area (Å²) in [6, 6.07) is 5.68. The molecule has 0 spiro atoms. The second-order valence-electron chi connectivity index (χ2n) is 6.56. The van der Waals surface area contributed by atoms with Crippen LogP contribution in [0.4, 0.5) is 0 Å². The SMILES string of the molecule is COc1ccc(-c2csc3ncnc(OCC(=O)NCC(C)C)c23)cc1OC. The summed E-state index contributed by atoms with van der Waals surface area (Å²) in [6.45, 7) is 4.59. The van der Waals surface area contributed by atoms with Crippen LogP contribution >= 0.6 is 11.3 Å². The topological polar surface area (TPSA) is 82.6 Å². The predicted molar refractivity (Wildman–Crippen MR) is 109 cm³/mol. The van der Waals surface area contributed by atoms with Gasteiger partial charge in [-0.25, -0.2) is 9.97 Å². The molecule has 148 valence electrons. The molecule has 7 nitrogen and oxygen atoms in total. The Bertz CT molecular complexity index is 971. The molecule has 3 aromatic rings. The molecule has 1 N–H and O–H groups in total. The van der Waals surface area contributed by atoms with Crippen molar-refractivity contribution >= 4 is 27.5 Å². The molecule has 2 heterocycles. The van der Waals surface area contributed by atoms with Crippen LogP contribution in [-0.2, 0) is 4.79 Å². The van der Waals surface area contributed by atoms with Crippen molar-refractivity contribution in [2.24, 2.45) is 5.92 Å². The number of hydrogen-bond acceptors (Lipinski definition) is 7. The van der Waals surface area contributed by atoms with Crippen LogP contribution in [0.2, 0.25) is 0 Å². The lowest BCUT2D eigenvalue weighted by atomic mass is 10.1. The van der Waals surface area contributed by atoms with Crippen LogP contribution in [0, 0.1) is 5.92 Å².